The summed E-state index contributed by atoms with van der Waals surface area (Å²) >= 11 is 11.9. The minimum absolute atomic E-state index is 0.379. The number of benzene rings is 1. The molecule has 0 spiro atoms. The Morgan fingerprint density at radius 2 is 2.10 bits per heavy atom. The molecule has 0 bridgehead atoms. The molecule has 1 aromatic heterocycles. The summed E-state index contributed by atoms with van der Waals surface area (Å²) in [5.74, 6) is 1.23. The fourth-order valence-corrected chi connectivity index (χ4v) is 2.38. The molecule has 0 aliphatic heterocycles. The number of ether oxygens (including phenoxy) is 1. The Bertz CT molecular complexity index is 569. The number of imidazole rings is 1. The summed E-state index contributed by atoms with van der Waals surface area (Å²) in [5.41, 5.74) is 1.92. The summed E-state index contributed by atoms with van der Waals surface area (Å²) in [6.45, 7) is 3.03. The third kappa shape index (κ3) is 3.85. The van der Waals surface area contributed by atoms with Crippen LogP contribution >= 0.6 is 23.2 Å². The number of hydrogen-bond donors (Lipinski definition) is 0. The maximum Gasteiger partial charge on any atom is 0.124 e. The van der Waals surface area contributed by atoms with Crippen LogP contribution in [0.5, 0.6) is 0 Å². The summed E-state index contributed by atoms with van der Waals surface area (Å²) in [5, 5.41) is 0.686. The zero-order chi connectivity index (χ0) is 14.5. The number of alkyl halides is 1. The first-order valence-corrected chi connectivity index (χ1v) is 7.46. The van der Waals surface area contributed by atoms with Crippen LogP contribution in [0.2, 0.25) is 5.02 Å². The van der Waals surface area contributed by atoms with E-state index in [4.69, 9.17) is 27.9 Å². The van der Waals surface area contributed by atoms with Crippen molar-refractivity contribution in [1.82, 2.24) is 14.5 Å². The highest BCUT2D eigenvalue weighted by molar-refractivity contribution is 6.31. The average Bonchev–Trinajstić information content (AvgIpc) is 2.75. The highest BCUT2D eigenvalue weighted by Crippen LogP contribution is 2.21. The van der Waals surface area contributed by atoms with E-state index < -0.39 is 0 Å². The van der Waals surface area contributed by atoms with Gasteiger partial charge in [0.1, 0.15) is 5.82 Å². The van der Waals surface area contributed by atoms with E-state index in [0.717, 1.165) is 36.6 Å². The fourth-order valence-electron chi connectivity index (χ4n) is 2.01. The highest BCUT2D eigenvalue weighted by atomic mass is 35.5. The van der Waals surface area contributed by atoms with E-state index in [9.17, 15) is 0 Å². The number of aromatic nitrogens is 2. The monoisotopic (exact) mass is 315 g/mol. The molecule has 0 aliphatic rings. The van der Waals surface area contributed by atoms with Gasteiger partial charge in [-0.25, -0.2) is 4.98 Å². The molecule has 0 saturated carbocycles. The molecule has 110 valence electrons. The third-order valence-electron chi connectivity index (χ3n) is 3.05. The summed E-state index contributed by atoms with van der Waals surface area (Å²) in [6, 6.07) is 5.70. The van der Waals surface area contributed by atoms with Crippen LogP contribution in [0.3, 0.4) is 0 Å². The van der Waals surface area contributed by atoms with Crippen molar-refractivity contribution in [1.29, 1.82) is 0 Å². The van der Waals surface area contributed by atoms with Crippen LogP contribution in [0.25, 0.3) is 11.0 Å². The van der Waals surface area contributed by atoms with Gasteiger partial charge in [0.2, 0.25) is 0 Å². The summed E-state index contributed by atoms with van der Waals surface area (Å²) in [7, 11) is 4.06. The molecule has 4 nitrogen and oxygen atoms in total. The van der Waals surface area contributed by atoms with Crippen molar-refractivity contribution in [2.45, 2.75) is 12.4 Å². The van der Waals surface area contributed by atoms with Gasteiger partial charge < -0.3 is 14.2 Å². The number of fused-ring (bicyclic) bond motifs is 1. The fraction of sp³-hybridized carbons (Fsp3) is 0.500. The lowest BCUT2D eigenvalue weighted by atomic mass is 10.3. The molecule has 0 atom stereocenters. The van der Waals surface area contributed by atoms with E-state index >= 15 is 0 Å². The first-order valence-electron chi connectivity index (χ1n) is 6.55. The van der Waals surface area contributed by atoms with Gasteiger partial charge >= 0.3 is 0 Å². The Morgan fingerprint density at radius 1 is 1.30 bits per heavy atom. The lowest BCUT2D eigenvalue weighted by Crippen LogP contribution is -2.19. The zero-order valence-corrected chi connectivity index (χ0v) is 13.3. The van der Waals surface area contributed by atoms with Gasteiger partial charge in [0.05, 0.1) is 30.1 Å². The molecule has 0 saturated heterocycles. The Morgan fingerprint density at radius 3 is 2.80 bits per heavy atom. The van der Waals surface area contributed by atoms with E-state index in [-0.39, 0.29) is 0 Å². The van der Waals surface area contributed by atoms with Gasteiger partial charge in [-0.1, -0.05) is 11.6 Å². The second-order valence-corrected chi connectivity index (χ2v) is 5.57. The summed E-state index contributed by atoms with van der Waals surface area (Å²) in [4.78, 5) is 6.60. The molecule has 0 amide bonds. The van der Waals surface area contributed by atoms with Crippen LogP contribution in [-0.4, -0.2) is 48.3 Å². The largest absolute Gasteiger partial charge is 0.378 e. The predicted molar refractivity (Wildman–Crippen MR) is 83.7 cm³/mol. The zero-order valence-electron chi connectivity index (χ0n) is 11.8. The van der Waals surface area contributed by atoms with Crippen molar-refractivity contribution < 1.29 is 4.74 Å². The summed E-state index contributed by atoms with van der Waals surface area (Å²) < 4.78 is 7.72. The summed E-state index contributed by atoms with van der Waals surface area (Å²) in [6.07, 6.45) is 0. The van der Waals surface area contributed by atoms with E-state index in [1.807, 2.05) is 32.3 Å². The Balaban J connectivity index is 2.04. The SMILES string of the molecule is CN(C)CCOCCn1c(CCl)nc2cc(Cl)ccc21. The van der Waals surface area contributed by atoms with Crippen molar-refractivity contribution in [3.8, 4) is 0 Å². The molecule has 0 N–H and O–H groups in total. The lowest BCUT2D eigenvalue weighted by Gasteiger charge is -2.11. The van der Waals surface area contributed by atoms with Crippen LogP contribution in [0, 0.1) is 0 Å². The average molecular weight is 316 g/mol. The Hall–Kier alpha value is -0.810. The standard InChI is InChI=1S/C14H19Cl2N3O/c1-18(2)5-7-20-8-6-19-13-4-3-11(16)9-12(13)17-14(19)10-15/h3-4,9H,5-8,10H2,1-2H3. The molecule has 2 aromatic rings. The van der Waals surface area contributed by atoms with Crippen LogP contribution in [-0.2, 0) is 17.2 Å². The molecule has 1 heterocycles. The van der Waals surface area contributed by atoms with Crippen molar-refractivity contribution in [2.24, 2.45) is 0 Å². The van der Waals surface area contributed by atoms with Crippen LogP contribution < -0.4 is 0 Å². The molecule has 0 fully saturated rings. The Kier molecular flexibility index (Phi) is 5.66. The van der Waals surface area contributed by atoms with Crippen LogP contribution in [0.4, 0.5) is 0 Å². The van der Waals surface area contributed by atoms with Gasteiger partial charge in [0.25, 0.3) is 0 Å². The topological polar surface area (TPSA) is 30.3 Å². The molecule has 6 heteroatoms. The number of rotatable bonds is 7. The molecular formula is C14H19Cl2N3O. The number of halogens is 2. The van der Waals surface area contributed by atoms with E-state index in [2.05, 4.69) is 14.5 Å². The van der Waals surface area contributed by atoms with Crippen LogP contribution in [0.1, 0.15) is 5.82 Å². The molecular weight excluding hydrogens is 297 g/mol. The Labute approximate surface area is 129 Å². The minimum atomic E-state index is 0.379. The van der Waals surface area contributed by atoms with E-state index in [1.165, 1.54) is 0 Å². The minimum Gasteiger partial charge on any atom is -0.378 e. The van der Waals surface area contributed by atoms with Gasteiger partial charge in [-0.3, -0.25) is 0 Å². The van der Waals surface area contributed by atoms with Gasteiger partial charge in [0.15, 0.2) is 0 Å². The smallest absolute Gasteiger partial charge is 0.124 e. The quantitative estimate of drug-likeness (QED) is 0.581. The molecule has 0 radical (unpaired) electrons. The molecule has 0 unspecified atom stereocenters. The van der Waals surface area contributed by atoms with E-state index in [1.54, 1.807) is 0 Å². The van der Waals surface area contributed by atoms with Crippen molar-refractivity contribution >= 4 is 34.2 Å². The highest BCUT2D eigenvalue weighted by Gasteiger charge is 2.10. The van der Waals surface area contributed by atoms with Gasteiger partial charge in [-0.2, -0.15) is 0 Å². The first-order chi connectivity index (χ1) is 9.61. The molecule has 0 aliphatic carbocycles. The van der Waals surface area contributed by atoms with Crippen LogP contribution in [0.15, 0.2) is 18.2 Å². The number of hydrogen-bond acceptors (Lipinski definition) is 3. The first kappa shape index (κ1) is 15.6. The molecule has 20 heavy (non-hydrogen) atoms. The van der Waals surface area contributed by atoms with Crippen molar-refractivity contribution in [3.63, 3.8) is 0 Å². The third-order valence-corrected chi connectivity index (χ3v) is 3.53. The maximum atomic E-state index is 5.99. The van der Waals surface area contributed by atoms with E-state index in [0.29, 0.717) is 17.5 Å². The lowest BCUT2D eigenvalue weighted by molar-refractivity contribution is 0.111. The number of likely N-dealkylation sites (N-methyl/N-ethyl adjacent to an activating group) is 1. The predicted octanol–water partition coefficient (Wildman–Crippen LogP) is 3.01. The normalized spacial score (nSPS) is 11.7. The van der Waals surface area contributed by atoms with Crippen molar-refractivity contribution in [2.75, 3.05) is 33.9 Å². The van der Waals surface area contributed by atoms with Gasteiger partial charge in [0, 0.05) is 18.1 Å². The molecule has 2 rings (SSSR count). The van der Waals surface area contributed by atoms with Gasteiger partial charge in [-0.15, -0.1) is 11.6 Å². The molecule has 1 aromatic carbocycles. The second kappa shape index (κ2) is 7.27. The maximum absolute atomic E-state index is 5.99. The van der Waals surface area contributed by atoms with Crippen molar-refractivity contribution in [3.05, 3.63) is 29.0 Å². The second-order valence-electron chi connectivity index (χ2n) is 4.86. The van der Waals surface area contributed by atoms with Gasteiger partial charge in [-0.05, 0) is 32.3 Å². The number of nitrogens with zero attached hydrogens (tertiary/aromatic N) is 3.